The van der Waals surface area contributed by atoms with Gasteiger partial charge in [-0.05, 0) is 31.6 Å². The fraction of sp³-hybridized carbons (Fsp3) is 1.00. The Morgan fingerprint density at radius 3 is 2.29 bits per heavy atom. The Morgan fingerprint density at radius 1 is 1.21 bits per heavy atom. The first-order valence-corrected chi connectivity index (χ1v) is 7.04. The van der Waals surface area contributed by atoms with Crippen LogP contribution in [0.4, 0.5) is 0 Å². The third kappa shape index (κ3) is 1.25. The summed E-state index contributed by atoms with van der Waals surface area (Å²) in [6.45, 7) is 2.23. The van der Waals surface area contributed by atoms with Crippen molar-refractivity contribution >= 4 is 11.8 Å². The number of nitrogens with zero attached hydrogens (tertiary/aromatic N) is 1. The van der Waals surface area contributed by atoms with Gasteiger partial charge in [0.1, 0.15) is 0 Å². The summed E-state index contributed by atoms with van der Waals surface area (Å²) in [7, 11) is 0. The summed E-state index contributed by atoms with van der Waals surface area (Å²) in [6, 6.07) is 0.879. The molecule has 2 bridgehead atoms. The summed E-state index contributed by atoms with van der Waals surface area (Å²) < 4.78 is 0. The molecule has 4 rings (SSSR count). The van der Waals surface area contributed by atoms with E-state index in [0.717, 1.165) is 18.5 Å². The molecular formula is C11H20N2S. The summed E-state index contributed by atoms with van der Waals surface area (Å²) >= 11 is 2.07. The van der Waals surface area contributed by atoms with Crippen molar-refractivity contribution < 1.29 is 0 Å². The molecule has 14 heavy (non-hydrogen) atoms. The molecule has 3 heteroatoms. The Bertz CT molecular complexity index is 214. The van der Waals surface area contributed by atoms with E-state index in [2.05, 4.69) is 16.7 Å². The summed E-state index contributed by atoms with van der Waals surface area (Å²) in [6.07, 6.45) is 5.85. The van der Waals surface area contributed by atoms with Crippen LogP contribution in [0.15, 0.2) is 0 Å². The lowest BCUT2D eigenvalue weighted by Crippen LogP contribution is -2.68. The third-order valence-corrected chi connectivity index (χ3v) is 5.93. The van der Waals surface area contributed by atoms with Crippen molar-refractivity contribution in [1.29, 1.82) is 0 Å². The summed E-state index contributed by atoms with van der Waals surface area (Å²) in [5.41, 5.74) is 6.39. The summed E-state index contributed by atoms with van der Waals surface area (Å²) in [5.74, 6) is 3.56. The van der Waals surface area contributed by atoms with Crippen molar-refractivity contribution in [3.05, 3.63) is 0 Å². The molecule has 0 aromatic rings. The van der Waals surface area contributed by atoms with Gasteiger partial charge >= 0.3 is 0 Å². The predicted octanol–water partition coefficient (Wildman–Crippen LogP) is 1.31. The first kappa shape index (κ1) is 9.49. The lowest BCUT2D eigenvalue weighted by molar-refractivity contribution is -0.0209. The molecule has 2 nitrogen and oxygen atoms in total. The maximum atomic E-state index is 5.98. The fourth-order valence-electron chi connectivity index (χ4n) is 3.39. The van der Waals surface area contributed by atoms with E-state index in [1.807, 2.05) is 0 Å². The van der Waals surface area contributed by atoms with Crippen LogP contribution < -0.4 is 5.73 Å². The molecule has 2 N–H and O–H groups in total. The normalized spacial score (nSPS) is 40.9. The summed E-state index contributed by atoms with van der Waals surface area (Å²) in [4.78, 5) is 2.78. The highest BCUT2D eigenvalue weighted by atomic mass is 32.2. The Hall–Kier alpha value is 0.270. The molecule has 0 spiro atoms. The SMILES string of the molecule is NCC1(N2CC3CCC2CC3)CSC1. The van der Waals surface area contributed by atoms with Gasteiger partial charge in [0, 0.05) is 30.6 Å². The topological polar surface area (TPSA) is 29.3 Å². The average molecular weight is 212 g/mol. The minimum absolute atomic E-state index is 0.411. The summed E-state index contributed by atoms with van der Waals surface area (Å²) in [5, 5.41) is 0. The average Bonchev–Trinajstić information content (AvgIpc) is 2.19. The van der Waals surface area contributed by atoms with Crippen LogP contribution >= 0.6 is 11.8 Å². The highest BCUT2D eigenvalue weighted by Gasteiger charge is 2.48. The van der Waals surface area contributed by atoms with Crippen LogP contribution in [0, 0.1) is 5.92 Å². The van der Waals surface area contributed by atoms with E-state index in [1.165, 1.54) is 43.7 Å². The second kappa shape index (κ2) is 3.39. The molecule has 1 aliphatic carbocycles. The maximum Gasteiger partial charge on any atom is 0.0515 e. The van der Waals surface area contributed by atoms with E-state index in [0.29, 0.717) is 5.54 Å². The number of piperidine rings is 2. The highest BCUT2D eigenvalue weighted by molar-refractivity contribution is 8.00. The maximum absolute atomic E-state index is 5.98. The number of hydrogen-bond acceptors (Lipinski definition) is 3. The molecule has 0 radical (unpaired) electrons. The van der Waals surface area contributed by atoms with Gasteiger partial charge in [-0.2, -0.15) is 11.8 Å². The van der Waals surface area contributed by atoms with Crippen LogP contribution in [0.25, 0.3) is 0 Å². The minimum atomic E-state index is 0.411. The number of nitrogens with two attached hydrogens (primary N) is 1. The monoisotopic (exact) mass is 212 g/mol. The number of hydrogen-bond donors (Lipinski definition) is 1. The van der Waals surface area contributed by atoms with E-state index in [9.17, 15) is 0 Å². The molecule has 0 atom stereocenters. The molecule has 3 heterocycles. The highest BCUT2D eigenvalue weighted by Crippen LogP contribution is 2.44. The van der Waals surface area contributed by atoms with Gasteiger partial charge in [0.05, 0.1) is 5.54 Å². The smallest absolute Gasteiger partial charge is 0.0515 e. The van der Waals surface area contributed by atoms with E-state index in [-0.39, 0.29) is 0 Å². The van der Waals surface area contributed by atoms with E-state index >= 15 is 0 Å². The first-order chi connectivity index (χ1) is 6.84. The molecular weight excluding hydrogens is 192 g/mol. The van der Waals surface area contributed by atoms with Gasteiger partial charge in [-0.1, -0.05) is 0 Å². The zero-order chi connectivity index (χ0) is 9.60. The quantitative estimate of drug-likeness (QED) is 0.748. The molecule has 3 aliphatic heterocycles. The molecule has 0 unspecified atom stereocenters. The number of fused-ring (bicyclic) bond motifs is 3. The fourth-order valence-corrected chi connectivity index (χ4v) is 4.63. The Kier molecular flexibility index (Phi) is 2.30. The van der Waals surface area contributed by atoms with Gasteiger partial charge in [0.2, 0.25) is 0 Å². The standard InChI is InChI=1S/C11H20N2S/c12-6-11(7-14-8-11)13-5-9-1-3-10(13)4-2-9/h9-10H,1-8,12H2. The van der Waals surface area contributed by atoms with Gasteiger partial charge in [0.25, 0.3) is 0 Å². The predicted molar refractivity (Wildman–Crippen MR) is 61.6 cm³/mol. The van der Waals surface area contributed by atoms with Crippen molar-refractivity contribution in [2.24, 2.45) is 11.7 Å². The van der Waals surface area contributed by atoms with Crippen LogP contribution in [-0.4, -0.2) is 41.1 Å². The van der Waals surface area contributed by atoms with Crippen molar-refractivity contribution in [3.63, 3.8) is 0 Å². The number of rotatable bonds is 2. The van der Waals surface area contributed by atoms with Crippen LogP contribution in [0.1, 0.15) is 25.7 Å². The zero-order valence-corrected chi connectivity index (χ0v) is 9.56. The Balaban J connectivity index is 1.78. The van der Waals surface area contributed by atoms with E-state index in [1.54, 1.807) is 0 Å². The molecule has 0 aromatic carbocycles. The van der Waals surface area contributed by atoms with Gasteiger partial charge in [-0.15, -0.1) is 0 Å². The van der Waals surface area contributed by atoms with Gasteiger partial charge in [0.15, 0.2) is 0 Å². The molecule has 0 aromatic heterocycles. The van der Waals surface area contributed by atoms with Crippen LogP contribution in [-0.2, 0) is 0 Å². The molecule has 80 valence electrons. The van der Waals surface area contributed by atoms with Crippen LogP contribution in [0.3, 0.4) is 0 Å². The van der Waals surface area contributed by atoms with Crippen molar-refractivity contribution in [2.45, 2.75) is 37.3 Å². The second-order valence-electron chi connectivity index (χ2n) is 5.25. The molecule has 4 fully saturated rings. The Labute approximate surface area is 90.6 Å². The minimum Gasteiger partial charge on any atom is -0.329 e. The molecule has 0 amide bonds. The van der Waals surface area contributed by atoms with Gasteiger partial charge < -0.3 is 5.73 Å². The van der Waals surface area contributed by atoms with Crippen molar-refractivity contribution in [2.75, 3.05) is 24.6 Å². The molecule has 1 saturated carbocycles. The van der Waals surface area contributed by atoms with E-state index in [4.69, 9.17) is 5.73 Å². The zero-order valence-electron chi connectivity index (χ0n) is 8.74. The Morgan fingerprint density at radius 2 is 1.93 bits per heavy atom. The number of thioether (sulfide) groups is 1. The lowest BCUT2D eigenvalue weighted by atomic mass is 9.77. The second-order valence-corrected chi connectivity index (χ2v) is 6.23. The third-order valence-electron chi connectivity index (χ3n) is 4.44. The van der Waals surface area contributed by atoms with Crippen molar-refractivity contribution in [3.8, 4) is 0 Å². The lowest BCUT2D eigenvalue weighted by Gasteiger charge is -2.58. The first-order valence-electron chi connectivity index (χ1n) is 5.89. The van der Waals surface area contributed by atoms with Gasteiger partial charge in [-0.3, -0.25) is 4.90 Å². The van der Waals surface area contributed by atoms with Crippen molar-refractivity contribution in [1.82, 2.24) is 4.90 Å². The van der Waals surface area contributed by atoms with E-state index < -0.39 is 0 Å². The molecule has 3 saturated heterocycles. The van der Waals surface area contributed by atoms with Crippen LogP contribution in [0.5, 0.6) is 0 Å². The molecule has 4 aliphatic rings. The largest absolute Gasteiger partial charge is 0.329 e. The van der Waals surface area contributed by atoms with Crippen LogP contribution in [0.2, 0.25) is 0 Å². The van der Waals surface area contributed by atoms with Gasteiger partial charge in [-0.25, -0.2) is 0 Å².